The first kappa shape index (κ1) is 6.84. The van der Waals surface area contributed by atoms with Gasteiger partial charge in [0.05, 0.1) is 0 Å². The van der Waals surface area contributed by atoms with Crippen LogP contribution in [0.2, 0.25) is 0 Å². The second-order valence-electron chi connectivity index (χ2n) is 0.908. The molecular weight excluding hydrogens is 100 g/mol. The standard InChI is InChI=1S/C3H6O4/c1-6-3(4,5)7-2/h1-2H3. The third kappa shape index (κ3) is 2.52. The van der Waals surface area contributed by atoms with E-state index in [9.17, 15) is 10.2 Å². The maximum Gasteiger partial charge on any atom is 0.466 e. The molecule has 0 atom stereocenters. The number of ether oxygens (including phenoxy) is 2. The van der Waals surface area contributed by atoms with E-state index in [1.807, 2.05) is 0 Å². The first-order chi connectivity index (χ1) is 3.12. The van der Waals surface area contributed by atoms with E-state index in [0.29, 0.717) is 0 Å². The van der Waals surface area contributed by atoms with Gasteiger partial charge in [0.15, 0.2) is 0 Å². The van der Waals surface area contributed by atoms with E-state index < -0.39 is 6.16 Å². The summed E-state index contributed by atoms with van der Waals surface area (Å²) in [7, 11) is 1.98. The second kappa shape index (κ2) is 2.23. The highest BCUT2D eigenvalue weighted by Crippen LogP contribution is 1.99. The third-order valence-corrected chi connectivity index (χ3v) is 0.500. The lowest BCUT2D eigenvalue weighted by Crippen LogP contribution is -2.28. The van der Waals surface area contributed by atoms with Crippen molar-refractivity contribution in [3.05, 3.63) is 0 Å². The Hall–Kier alpha value is -0.160. The summed E-state index contributed by atoms with van der Waals surface area (Å²) < 4.78 is 7.51. The maximum atomic E-state index is 9.84. The average molecular weight is 106 g/mol. The van der Waals surface area contributed by atoms with Gasteiger partial charge in [0.2, 0.25) is 0 Å². The van der Waals surface area contributed by atoms with Crippen molar-refractivity contribution in [2.45, 2.75) is 6.16 Å². The van der Waals surface area contributed by atoms with E-state index in [1.54, 1.807) is 0 Å². The summed E-state index contributed by atoms with van der Waals surface area (Å²) >= 11 is 0. The summed E-state index contributed by atoms with van der Waals surface area (Å²) in [6.07, 6.45) is -2.92. The molecule has 0 unspecified atom stereocenters. The van der Waals surface area contributed by atoms with Crippen LogP contribution in [0.4, 0.5) is 0 Å². The van der Waals surface area contributed by atoms with Crippen LogP contribution in [0, 0.1) is 0 Å². The average Bonchev–Trinajstić information content (AvgIpc) is 1.68. The van der Waals surface area contributed by atoms with Crippen LogP contribution in [-0.4, -0.2) is 20.4 Å². The van der Waals surface area contributed by atoms with Gasteiger partial charge in [0.1, 0.15) is 0 Å². The van der Waals surface area contributed by atoms with E-state index in [2.05, 4.69) is 9.47 Å². The summed E-state index contributed by atoms with van der Waals surface area (Å²) in [6, 6.07) is 0. The molecule has 0 aliphatic heterocycles. The predicted molar refractivity (Wildman–Crippen MR) is 18.1 cm³/mol. The zero-order valence-corrected chi connectivity index (χ0v) is 4.13. The smallest absolute Gasteiger partial charge is 0.303 e. The largest absolute Gasteiger partial charge is 0.466 e. The molecule has 0 spiro atoms. The van der Waals surface area contributed by atoms with Crippen LogP contribution in [0.1, 0.15) is 0 Å². The Morgan fingerprint density at radius 1 is 1.14 bits per heavy atom. The normalized spacial score (nSPS) is 12.0. The first-order valence-corrected chi connectivity index (χ1v) is 1.63. The molecule has 2 radical (unpaired) electrons. The number of hydrogen-bond acceptors (Lipinski definition) is 2. The van der Waals surface area contributed by atoms with Crippen LogP contribution in [0.5, 0.6) is 0 Å². The SMILES string of the molecule is COC([O])([O])OC. The zero-order valence-electron chi connectivity index (χ0n) is 4.13. The molecule has 0 aromatic heterocycles. The fraction of sp³-hybridized carbons (Fsp3) is 1.00. The Morgan fingerprint density at radius 3 is 1.43 bits per heavy atom. The van der Waals surface area contributed by atoms with Crippen molar-refractivity contribution >= 4 is 0 Å². The summed E-state index contributed by atoms with van der Waals surface area (Å²) in [5.74, 6) is 0. The molecule has 0 bridgehead atoms. The summed E-state index contributed by atoms with van der Waals surface area (Å²) in [5.41, 5.74) is 0. The van der Waals surface area contributed by atoms with Crippen molar-refractivity contribution in [3.63, 3.8) is 0 Å². The molecule has 0 amide bonds. The van der Waals surface area contributed by atoms with Gasteiger partial charge < -0.3 is 9.47 Å². The molecule has 0 heterocycles. The molecule has 0 aliphatic rings. The lowest BCUT2D eigenvalue weighted by molar-refractivity contribution is -0.504. The van der Waals surface area contributed by atoms with Gasteiger partial charge in [-0.2, -0.15) is 0 Å². The summed E-state index contributed by atoms with van der Waals surface area (Å²) in [6.45, 7) is 0. The van der Waals surface area contributed by atoms with Gasteiger partial charge in [-0.25, -0.2) is 0 Å². The van der Waals surface area contributed by atoms with Crippen molar-refractivity contribution in [2.75, 3.05) is 14.2 Å². The van der Waals surface area contributed by atoms with Crippen molar-refractivity contribution in [3.8, 4) is 0 Å². The monoisotopic (exact) mass is 106 g/mol. The molecule has 7 heavy (non-hydrogen) atoms. The van der Waals surface area contributed by atoms with Gasteiger partial charge in [-0.15, -0.1) is 10.2 Å². The van der Waals surface area contributed by atoms with Gasteiger partial charge in [0, 0.05) is 14.2 Å². The molecule has 0 aromatic carbocycles. The highest BCUT2D eigenvalue weighted by Gasteiger charge is 2.26. The van der Waals surface area contributed by atoms with Crippen LogP contribution in [-0.2, 0) is 19.7 Å². The third-order valence-electron chi connectivity index (χ3n) is 0.500. The number of rotatable bonds is 2. The Balaban J connectivity index is 3.36. The highest BCUT2D eigenvalue weighted by molar-refractivity contribution is 4.16. The van der Waals surface area contributed by atoms with Crippen molar-refractivity contribution in [1.29, 1.82) is 0 Å². The minimum Gasteiger partial charge on any atom is -0.303 e. The Labute approximate surface area is 41.3 Å². The van der Waals surface area contributed by atoms with Crippen LogP contribution in [0.25, 0.3) is 0 Å². The molecule has 0 saturated heterocycles. The van der Waals surface area contributed by atoms with Crippen LogP contribution < -0.4 is 0 Å². The van der Waals surface area contributed by atoms with Gasteiger partial charge >= 0.3 is 6.16 Å². The van der Waals surface area contributed by atoms with E-state index in [4.69, 9.17) is 0 Å². The molecule has 0 N–H and O–H groups in total. The molecule has 0 fully saturated rings. The lowest BCUT2D eigenvalue weighted by Gasteiger charge is -2.08. The second-order valence-corrected chi connectivity index (χ2v) is 0.908. The molecule has 0 aromatic rings. The van der Waals surface area contributed by atoms with Gasteiger partial charge in [-0.1, -0.05) is 0 Å². The maximum absolute atomic E-state index is 9.84. The summed E-state index contributed by atoms with van der Waals surface area (Å²) in [5, 5.41) is 19.7. The zero-order chi connectivity index (χ0) is 5.91. The molecule has 0 rings (SSSR count). The van der Waals surface area contributed by atoms with Crippen molar-refractivity contribution < 1.29 is 19.7 Å². The van der Waals surface area contributed by atoms with E-state index in [0.717, 1.165) is 14.2 Å². The Kier molecular flexibility index (Phi) is 2.17. The lowest BCUT2D eigenvalue weighted by atomic mass is 11.1. The fourth-order valence-corrected chi connectivity index (χ4v) is 0.0833. The summed E-state index contributed by atoms with van der Waals surface area (Å²) in [4.78, 5) is 0. The van der Waals surface area contributed by atoms with Crippen molar-refractivity contribution in [1.82, 2.24) is 0 Å². The molecular formula is C3H6O4. The minimum atomic E-state index is -2.92. The minimum absolute atomic E-state index is 0.990. The Bertz CT molecular complexity index is 44.9. The number of hydrogen-bond donors (Lipinski definition) is 0. The topological polar surface area (TPSA) is 58.3 Å². The molecule has 0 saturated carbocycles. The van der Waals surface area contributed by atoms with E-state index in [1.165, 1.54) is 0 Å². The quantitative estimate of drug-likeness (QED) is 0.456. The predicted octanol–water partition coefficient (Wildman–Crippen LogP) is -0.249. The Morgan fingerprint density at radius 2 is 1.43 bits per heavy atom. The van der Waals surface area contributed by atoms with E-state index >= 15 is 0 Å². The van der Waals surface area contributed by atoms with E-state index in [-0.39, 0.29) is 0 Å². The fourth-order valence-electron chi connectivity index (χ4n) is 0.0833. The van der Waals surface area contributed by atoms with Crippen LogP contribution in [0.15, 0.2) is 0 Å². The molecule has 0 aliphatic carbocycles. The van der Waals surface area contributed by atoms with Crippen molar-refractivity contribution in [2.24, 2.45) is 0 Å². The number of methoxy groups -OCH3 is 2. The van der Waals surface area contributed by atoms with Crippen LogP contribution in [0.3, 0.4) is 0 Å². The van der Waals surface area contributed by atoms with Gasteiger partial charge in [0.25, 0.3) is 0 Å². The van der Waals surface area contributed by atoms with Gasteiger partial charge in [-0.05, 0) is 0 Å². The molecule has 42 valence electrons. The highest BCUT2D eigenvalue weighted by atomic mass is 16.9. The van der Waals surface area contributed by atoms with Crippen LogP contribution >= 0.6 is 0 Å². The van der Waals surface area contributed by atoms with Gasteiger partial charge in [-0.3, -0.25) is 0 Å². The first-order valence-electron chi connectivity index (χ1n) is 1.63. The molecule has 4 nitrogen and oxygen atoms in total. The molecule has 4 heteroatoms.